The highest BCUT2D eigenvalue weighted by Crippen LogP contribution is 2.25. The Hall–Kier alpha value is -2.95. The van der Waals surface area contributed by atoms with E-state index in [-0.39, 0.29) is 11.8 Å². The van der Waals surface area contributed by atoms with Crippen LogP contribution in [0.15, 0.2) is 54.7 Å². The summed E-state index contributed by atoms with van der Waals surface area (Å²) in [6, 6.07) is 16.5. The highest BCUT2D eigenvalue weighted by molar-refractivity contribution is 5.86. The number of hydrogen-bond donors (Lipinski definition) is 1. The number of primary amides is 1. The minimum atomic E-state index is -0.240. The molecule has 1 aromatic heterocycles. The van der Waals surface area contributed by atoms with Gasteiger partial charge >= 0.3 is 0 Å². The van der Waals surface area contributed by atoms with E-state index in [4.69, 9.17) is 10.7 Å². The number of amides is 1. The summed E-state index contributed by atoms with van der Waals surface area (Å²) in [4.78, 5) is 22.7. The topological polar surface area (TPSA) is 72.1 Å². The third-order valence-electron chi connectivity index (χ3n) is 4.79. The zero-order chi connectivity index (χ0) is 17.2. The highest BCUT2D eigenvalue weighted by atomic mass is 16.1. The number of hydrogen-bond acceptors (Lipinski definition) is 4. The van der Waals surface area contributed by atoms with Crippen LogP contribution in [-0.2, 0) is 4.79 Å². The van der Waals surface area contributed by atoms with Gasteiger partial charge in [0.1, 0.15) is 0 Å². The number of benzene rings is 2. The normalized spacial score (nSPS) is 17.6. The van der Waals surface area contributed by atoms with Crippen molar-refractivity contribution in [3.8, 4) is 11.3 Å². The lowest BCUT2D eigenvalue weighted by Crippen LogP contribution is -2.41. The first kappa shape index (κ1) is 15.6. The molecule has 0 saturated carbocycles. The molecule has 1 saturated heterocycles. The summed E-state index contributed by atoms with van der Waals surface area (Å²) in [5, 5.41) is 2.40. The molecule has 1 amide bonds. The molecule has 126 valence electrons. The Morgan fingerprint density at radius 2 is 1.96 bits per heavy atom. The molecule has 1 fully saturated rings. The van der Waals surface area contributed by atoms with Crippen LogP contribution in [0.5, 0.6) is 0 Å². The average molecular weight is 332 g/mol. The molecule has 0 radical (unpaired) electrons. The maximum absolute atomic E-state index is 11.5. The van der Waals surface area contributed by atoms with Gasteiger partial charge in [0.15, 0.2) is 0 Å². The number of nitrogens with two attached hydrogens (primary N) is 1. The van der Waals surface area contributed by atoms with E-state index in [1.54, 1.807) is 6.20 Å². The van der Waals surface area contributed by atoms with Crippen molar-refractivity contribution >= 4 is 22.6 Å². The van der Waals surface area contributed by atoms with Gasteiger partial charge in [0.2, 0.25) is 11.9 Å². The Labute approximate surface area is 146 Å². The minimum Gasteiger partial charge on any atom is -0.369 e. The van der Waals surface area contributed by atoms with Gasteiger partial charge in [-0.1, -0.05) is 36.4 Å². The first-order valence-corrected chi connectivity index (χ1v) is 8.57. The zero-order valence-corrected chi connectivity index (χ0v) is 13.9. The van der Waals surface area contributed by atoms with Gasteiger partial charge < -0.3 is 10.6 Å². The van der Waals surface area contributed by atoms with E-state index in [1.165, 1.54) is 10.8 Å². The van der Waals surface area contributed by atoms with Crippen molar-refractivity contribution in [3.63, 3.8) is 0 Å². The van der Waals surface area contributed by atoms with Crippen molar-refractivity contribution in [2.75, 3.05) is 18.0 Å². The van der Waals surface area contributed by atoms with Crippen molar-refractivity contribution in [2.45, 2.75) is 12.8 Å². The predicted octanol–water partition coefficient (Wildman–Crippen LogP) is 3.00. The highest BCUT2D eigenvalue weighted by Gasteiger charge is 2.25. The zero-order valence-electron chi connectivity index (χ0n) is 13.9. The molecule has 3 aromatic rings. The van der Waals surface area contributed by atoms with Crippen molar-refractivity contribution in [1.82, 2.24) is 9.97 Å². The second-order valence-electron chi connectivity index (χ2n) is 6.49. The van der Waals surface area contributed by atoms with E-state index in [1.807, 2.05) is 18.2 Å². The third kappa shape index (κ3) is 3.18. The third-order valence-corrected chi connectivity index (χ3v) is 4.79. The summed E-state index contributed by atoms with van der Waals surface area (Å²) in [5.74, 6) is 0.300. The second-order valence-corrected chi connectivity index (χ2v) is 6.49. The summed E-state index contributed by atoms with van der Waals surface area (Å²) in [6.07, 6.45) is 3.55. The van der Waals surface area contributed by atoms with Crippen molar-refractivity contribution < 1.29 is 4.79 Å². The van der Waals surface area contributed by atoms with Crippen LogP contribution in [0, 0.1) is 5.92 Å². The Morgan fingerprint density at radius 1 is 1.12 bits per heavy atom. The molecular formula is C20H20N4O. The molecule has 1 unspecified atom stereocenters. The van der Waals surface area contributed by atoms with Crippen LogP contribution in [0.2, 0.25) is 0 Å². The van der Waals surface area contributed by atoms with Crippen molar-refractivity contribution in [1.29, 1.82) is 0 Å². The lowest BCUT2D eigenvalue weighted by Gasteiger charge is -2.31. The van der Waals surface area contributed by atoms with E-state index in [2.05, 4.69) is 40.2 Å². The molecule has 5 heteroatoms. The molecule has 4 rings (SSSR count). The SMILES string of the molecule is NC(=O)C1CCCN(c2nccc(-c3ccc4ccccc4c3)n2)C1. The van der Waals surface area contributed by atoms with Crippen LogP contribution in [0.3, 0.4) is 0 Å². The van der Waals surface area contributed by atoms with Crippen LogP contribution in [0.25, 0.3) is 22.0 Å². The standard InChI is InChI=1S/C20H20N4O/c21-19(25)17-6-3-11-24(13-17)20-22-10-9-18(23-20)16-8-7-14-4-1-2-5-15(14)12-16/h1-2,4-5,7-10,12,17H,3,6,11,13H2,(H2,21,25). The van der Waals surface area contributed by atoms with Gasteiger partial charge in [-0.05, 0) is 35.7 Å². The fourth-order valence-electron chi connectivity index (χ4n) is 3.40. The summed E-state index contributed by atoms with van der Waals surface area (Å²) < 4.78 is 0. The number of fused-ring (bicyclic) bond motifs is 1. The van der Waals surface area contributed by atoms with Gasteiger partial charge in [-0.25, -0.2) is 9.97 Å². The lowest BCUT2D eigenvalue weighted by molar-refractivity contribution is -0.122. The summed E-state index contributed by atoms with van der Waals surface area (Å²) in [7, 11) is 0. The molecule has 2 aromatic carbocycles. The first-order chi connectivity index (χ1) is 12.2. The smallest absolute Gasteiger partial charge is 0.225 e. The molecule has 1 aliphatic rings. The number of aromatic nitrogens is 2. The van der Waals surface area contributed by atoms with Crippen LogP contribution >= 0.6 is 0 Å². The molecule has 2 heterocycles. The molecule has 1 atom stereocenters. The molecule has 0 bridgehead atoms. The van der Waals surface area contributed by atoms with Gasteiger partial charge in [-0.3, -0.25) is 4.79 Å². The molecule has 5 nitrogen and oxygen atoms in total. The number of piperidine rings is 1. The first-order valence-electron chi connectivity index (χ1n) is 8.57. The van der Waals surface area contributed by atoms with Crippen LogP contribution in [0.4, 0.5) is 5.95 Å². The van der Waals surface area contributed by atoms with E-state index < -0.39 is 0 Å². The van der Waals surface area contributed by atoms with Crippen LogP contribution in [0.1, 0.15) is 12.8 Å². The van der Waals surface area contributed by atoms with Gasteiger partial charge in [0.25, 0.3) is 0 Å². The van der Waals surface area contributed by atoms with Gasteiger partial charge in [0.05, 0.1) is 11.6 Å². The quantitative estimate of drug-likeness (QED) is 0.800. The number of nitrogens with zero attached hydrogens (tertiary/aromatic N) is 3. The molecule has 0 aliphatic carbocycles. The molecular weight excluding hydrogens is 312 g/mol. The maximum Gasteiger partial charge on any atom is 0.225 e. The van der Waals surface area contributed by atoms with Crippen molar-refractivity contribution in [3.05, 3.63) is 54.7 Å². The van der Waals surface area contributed by atoms with Crippen molar-refractivity contribution in [2.24, 2.45) is 11.7 Å². The Kier molecular flexibility index (Phi) is 4.06. The molecule has 2 N–H and O–H groups in total. The monoisotopic (exact) mass is 332 g/mol. The summed E-state index contributed by atoms with van der Waals surface area (Å²) in [5.41, 5.74) is 7.42. The summed E-state index contributed by atoms with van der Waals surface area (Å²) >= 11 is 0. The van der Waals surface area contributed by atoms with Gasteiger partial charge in [-0.2, -0.15) is 0 Å². The second kappa shape index (κ2) is 6.51. The number of rotatable bonds is 3. The molecule has 0 spiro atoms. The van der Waals surface area contributed by atoms with Crippen LogP contribution in [-0.4, -0.2) is 29.0 Å². The Morgan fingerprint density at radius 3 is 2.80 bits per heavy atom. The Bertz CT molecular complexity index is 924. The summed E-state index contributed by atoms with van der Waals surface area (Å²) in [6.45, 7) is 1.45. The largest absolute Gasteiger partial charge is 0.369 e. The number of carbonyl (C=O) groups is 1. The van der Waals surface area contributed by atoms with Gasteiger partial charge in [0, 0.05) is 24.8 Å². The number of carbonyl (C=O) groups excluding carboxylic acids is 1. The molecule has 25 heavy (non-hydrogen) atoms. The minimum absolute atomic E-state index is 0.123. The lowest BCUT2D eigenvalue weighted by atomic mass is 9.98. The van der Waals surface area contributed by atoms with Crippen LogP contribution < -0.4 is 10.6 Å². The van der Waals surface area contributed by atoms with E-state index >= 15 is 0 Å². The fraction of sp³-hybridized carbons (Fsp3) is 0.250. The maximum atomic E-state index is 11.5. The van der Waals surface area contributed by atoms with E-state index in [9.17, 15) is 4.79 Å². The number of anilines is 1. The average Bonchev–Trinajstić information content (AvgIpc) is 2.68. The van der Waals surface area contributed by atoms with E-state index in [0.29, 0.717) is 12.5 Å². The fourth-order valence-corrected chi connectivity index (χ4v) is 3.40. The molecule has 1 aliphatic heterocycles. The van der Waals surface area contributed by atoms with Gasteiger partial charge in [-0.15, -0.1) is 0 Å². The Balaban J connectivity index is 1.65. The van der Waals surface area contributed by atoms with E-state index in [0.717, 1.165) is 30.6 Å². The predicted molar refractivity (Wildman–Crippen MR) is 99.1 cm³/mol.